The summed E-state index contributed by atoms with van der Waals surface area (Å²) in [5.74, 6) is -1.45. The summed E-state index contributed by atoms with van der Waals surface area (Å²) in [6.07, 6.45) is 2.00. The van der Waals surface area contributed by atoms with Crippen molar-refractivity contribution < 1.29 is 28.9 Å². The molecule has 0 spiro atoms. The van der Waals surface area contributed by atoms with E-state index in [0.717, 1.165) is 27.3 Å². The maximum absolute atomic E-state index is 13.6. The molecule has 3 aromatic rings. The lowest BCUT2D eigenvalue weighted by Gasteiger charge is -2.42. The van der Waals surface area contributed by atoms with Gasteiger partial charge in [0.25, 0.3) is 0 Å². The lowest BCUT2D eigenvalue weighted by Crippen LogP contribution is -2.61. The van der Waals surface area contributed by atoms with Gasteiger partial charge in [-0.05, 0) is 76.9 Å². The predicted molar refractivity (Wildman–Crippen MR) is 189 cm³/mol. The molecule has 2 saturated heterocycles. The number of nitrogens with zero attached hydrogens (tertiary/aromatic N) is 5. The number of hydrogen-bond acceptors (Lipinski definition) is 11. The third-order valence-corrected chi connectivity index (χ3v) is 11.5. The number of thiazole rings is 1. The Morgan fingerprint density at radius 3 is 2.61 bits per heavy atom. The Labute approximate surface area is 294 Å². The molecule has 2 N–H and O–H groups in total. The van der Waals surface area contributed by atoms with Gasteiger partial charge in [-0.25, -0.2) is 9.78 Å². The molecular weight excluding hydrogens is 643 g/mol. The topological polar surface area (TPSA) is 141 Å². The number of fused-ring (bicyclic) bond motifs is 2. The normalized spacial score (nSPS) is 33.6. The van der Waals surface area contributed by atoms with E-state index in [-0.39, 0.29) is 24.2 Å². The molecule has 1 amide bonds. The number of carbonyl (C=O) groups is 2. The van der Waals surface area contributed by atoms with E-state index in [1.54, 1.807) is 30.3 Å². The number of rotatable bonds is 8. The molecule has 2 aliphatic rings. The van der Waals surface area contributed by atoms with Crippen LogP contribution in [0.25, 0.3) is 20.9 Å². The van der Waals surface area contributed by atoms with Gasteiger partial charge in [0.05, 0.1) is 41.8 Å². The predicted octanol–water partition coefficient (Wildman–Crippen LogP) is 5.00. The molecule has 4 heterocycles. The molecule has 14 heteroatoms. The van der Waals surface area contributed by atoms with Gasteiger partial charge in [0.2, 0.25) is 0 Å². The van der Waals surface area contributed by atoms with E-state index in [4.69, 9.17) is 22.1 Å². The van der Waals surface area contributed by atoms with Crippen LogP contribution in [0.4, 0.5) is 4.79 Å². The van der Waals surface area contributed by atoms with Crippen LogP contribution in [0, 0.1) is 11.8 Å². The summed E-state index contributed by atoms with van der Waals surface area (Å²) in [4.78, 5) is 33.4. The highest BCUT2D eigenvalue weighted by atomic mass is 32.1. The van der Waals surface area contributed by atoms with Crippen LogP contribution in [0.1, 0.15) is 73.6 Å². The second kappa shape index (κ2) is 15.5. The van der Waals surface area contributed by atoms with Crippen molar-refractivity contribution in [1.29, 1.82) is 0 Å². The minimum absolute atomic E-state index is 0.0415. The summed E-state index contributed by atoms with van der Waals surface area (Å²) in [7, 11) is 8.16. The summed E-state index contributed by atoms with van der Waals surface area (Å²) >= 11 is 1.59. The zero-order valence-corrected chi connectivity index (χ0v) is 30.6. The van der Waals surface area contributed by atoms with E-state index in [0.29, 0.717) is 38.9 Å². The lowest BCUT2D eigenvalue weighted by atomic mass is 9.67. The number of ether oxygens (including phenoxy) is 3. The number of aliphatic hydroxyl groups is 1. The number of unbranched alkanes of at least 4 members (excludes halogenated alkanes) is 1. The Morgan fingerprint density at radius 2 is 1.90 bits per heavy atom. The molecule has 1 unspecified atom stereocenters. The van der Waals surface area contributed by atoms with Crippen molar-refractivity contribution in [2.45, 2.75) is 122 Å². The number of amides is 1. The highest BCUT2D eigenvalue weighted by Gasteiger charge is 2.57. The first-order valence-corrected chi connectivity index (χ1v) is 18.3. The Morgan fingerprint density at radius 1 is 1.16 bits per heavy atom. The second-order valence-electron chi connectivity index (χ2n) is 14.3. The van der Waals surface area contributed by atoms with E-state index in [2.05, 4.69) is 34.5 Å². The lowest BCUT2D eigenvalue weighted by molar-refractivity contribution is -0.209. The van der Waals surface area contributed by atoms with Crippen molar-refractivity contribution in [3.8, 4) is 10.7 Å². The summed E-state index contributed by atoms with van der Waals surface area (Å²) in [5.41, 5.74) is -0.162. The highest BCUT2D eigenvalue weighted by molar-refractivity contribution is 7.21. The van der Waals surface area contributed by atoms with Crippen LogP contribution in [0.3, 0.4) is 0 Å². The van der Waals surface area contributed by atoms with E-state index < -0.39 is 47.5 Å². The van der Waals surface area contributed by atoms with E-state index in [1.165, 1.54) is 0 Å². The summed E-state index contributed by atoms with van der Waals surface area (Å²) < 4.78 is 21.2. The first-order chi connectivity index (χ1) is 23.3. The van der Waals surface area contributed by atoms with Gasteiger partial charge < -0.3 is 24.6 Å². The number of benzene rings is 1. The average molecular weight is 695 g/mol. The molecule has 1 aromatic carbocycles. The number of Topliss-reactive ketones (excluding diaryl/α,β-unsaturated/α-hetero) is 1. The highest BCUT2D eigenvalue weighted by Crippen LogP contribution is 2.40. The van der Waals surface area contributed by atoms with Gasteiger partial charge in [0, 0.05) is 32.7 Å². The standard InChI is InChI=1S/C35H51BN6O6S/c1-8-29-35(6)30(23(4)37-19-21(2)18-34(5,46-7)28(36)17-26(43)22(3)32(44)47-29)42(33(45)48-35)16-12-11-15-41-20-25(39-40-41)31-38-24-13-9-10-14-27(24)49-31/h9-10,13-14,20-23,28-30,32,37,44H,8,11-12,15-19H2,1-7H3/t21-,22-,23-,28-,29-,30-,32?,34-,35-/m1/s1. The number of aryl methyl sites for hydroxylation is 1. The molecular formula is C35H51BN6O6S. The summed E-state index contributed by atoms with van der Waals surface area (Å²) in [6, 6.07) is 7.41. The number of ketones is 1. The molecule has 0 aliphatic carbocycles. The molecule has 5 rings (SSSR count). The molecule has 0 saturated carbocycles. The quantitative estimate of drug-likeness (QED) is 0.245. The zero-order chi connectivity index (χ0) is 35.5. The van der Waals surface area contributed by atoms with Gasteiger partial charge in [-0.2, -0.15) is 0 Å². The van der Waals surface area contributed by atoms with Crippen LogP contribution in [0.5, 0.6) is 0 Å². The van der Waals surface area contributed by atoms with Crippen LogP contribution in [-0.4, -0.2) is 106 Å². The van der Waals surface area contributed by atoms with Crippen molar-refractivity contribution in [2.24, 2.45) is 11.8 Å². The molecule has 2 fully saturated rings. The number of para-hydroxylation sites is 1. The van der Waals surface area contributed by atoms with Gasteiger partial charge >= 0.3 is 6.09 Å². The molecule has 2 aliphatic heterocycles. The fraction of sp³-hybridized carbons (Fsp3) is 0.686. The Bertz CT molecular complexity index is 1560. The molecule has 2 radical (unpaired) electrons. The van der Waals surface area contributed by atoms with Gasteiger partial charge in [-0.15, -0.1) is 16.4 Å². The molecule has 9 atom stereocenters. The van der Waals surface area contributed by atoms with Crippen molar-refractivity contribution >= 4 is 41.3 Å². The van der Waals surface area contributed by atoms with Crippen molar-refractivity contribution in [1.82, 2.24) is 30.2 Å². The fourth-order valence-electron chi connectivity index (χ4n) is 7.38. The number of aromatic nitrogens is 4. The maximum atomic E-state index is 13.6. The second-order valence-corrected chi connectivity index (χ2v) is 15.3. The minimum Gasteiger partial charge on any atom is -0.438 e. The van der Waals surface area contributed by atoms with Crippen LogP contribution < -0.4 is 5.32 Å². The fourth-order valence-corrected chi connectivity index (χ4v) is 8.29. The Balaban J connectivity index is 1.31. The van der Waals surface area contributed by atoms with Crippen molar-refractivity contribution in [3.63, 3.8) is 0 Å². The number of methoxy groups -OCH3 is 1. The third-order valence-electron chi connectivity index (χ3n) is 10.5. The van der Waals surface area contributed by atoms with Crippen molar-refractivity contribution in [2.75, 3.05) is 20.2 Å². The average Bonchev–Trinajstić information content (AvgIpc) is 3.79. The number of nitrogens with one attached hydrogen (secondary N) is 1. The third kappa shape index (κ3) is 8.03. The molecule has 49 heavy (non-hydrogen) atoms. The maximum Gasteiger partial charge on any atom is 0.410 e. The molecule has 266 valence electrons. The van der Waals surface area contributed by atoms with Gasteiger partial charge in [0.1, 0.15) is 22.6 Å². The Hall–Kier alpha value is -2.91. The monoisotopic (exact) mass is 694 g/mol. The smallest absolute Gasteiger partial charge is 0.410 e. The van der Waals surface area contributed by atoms with Crippen LogP contribution in [-0.2, 0) is 25.5 Å². The molecule has 12 nitrogen and oxygen atoms in total. The molecule has 2 aromatic heterocycles. The van der Waals surface area contributed by atoms with Crippen molar-refractivity contribution in [3.05, 3.63) is 30.5 Å². The largest absolute Gasteiger partial charge is 0.438 e. The number of aliphatic hydroxyl groups excluding tert-OH is 1. The van der Waals surface area contributed by atoms with E-state index in [9.17, 15) is 14.7 Å². The number of carbonyl (C=O) groups excluding carboxylic acids is 2. The minimum atomic E-state index is -1.40. The summed E-state index contributed by atoms with van der Waals surface area (Å²) in [6.45, 7) is 13.3. The first-order valence-electron chi connectivity index (χ1n) is 17.5. The van der Waals surface area contributed by atoms with Gasteiger partial charge in [-0.3, -0.25) is 14.4 Å². The van der Waals surface area contributed by atoms with E-state index in [1.807, 2.05) is 55.9 Å². The van der Waals surface area contributed by atoms with E-state index >= 15 is 0 Å². The van der Waals surface area contributed by atoms with Gasteiger partial charge in [0.15, 0.2) is 11.9 Å². The Kier molecular flexibility index (Phi) is 11.9. The van der Waals surface area contributed by atoms with Crippen LogP contribution in [0.15, 0.2) is 30.5 Å². The SMILES string of the molecule is [B][C@@H]1CC(=O)[C@@H](C)C(O)O[C@H](CC)[C@@]2(C)OC(=O)N(CCCCn3cc(-c4nc5ccccc5s4)nn3)[C@@H]2[C@@H](C)NC[C@H](C)C[C@@]1(C)OC. The summed E-state index contributed by atoms with van der Waals surface area (Å²) in [5, 5.41) is 24.3. The zero-order valence-electron chi connectivity index (χ0n) is 29.8. The van der Waals surface area contributed by atoms with Crippen LogP contribution >= 0.6 is 11.3 Å². The van der Waals surface area contributed by atoms with Crippen LogP contribution in [0.2, 0.25) is 5.82 Å². The first kappa shape index (κ1) is 37.4. The number of hydrogen-bond donors (Lipinski definition) is 2. The van der Waals surface area contributed by atoms with Gasteiger partial charge in [-0.1, -0.05) is 38.1 Å². The molecule has 0 bridgehead atoms.